The quantitative estimate of drug-likeness (QED) is 0.561. The number of alkyl halides is 1. The monoisotopic (exact) mass is 242 g/mol. The third-order valence-corrected chi connectivity index (χ3v) is 2.57. The highest BCUT2D eigenvalue weighted by molar-refractivity contribution is 6.17. The van der Waals surface area contributed by atoms with Crippen LogP contribution >= 0.6 is 11.6 Å². The fraction of sp³-hybridized carbons (Fsp3) is 0.583. The van der Waals surface area contributed by atoms with Crippen molar-refractivity contribution in [1.82, 2.24) is 4.98 Å². The number of pyridine rings is 1. The predicted molar refractivity (Wildman–Crippen MR) is 68.5 cm³/mol. The van der Waals surface area contributed by atoms with Crippen LogP contribution in [0.5, 0.6) is 5.88 Å². The van der Waals surface area contributed by atoms with Gasteiger partial charge in [0.15, 0.2) is 0 Å². The zero-order valence-corrected chi connectivity index (χ0v) is 10.5. The molecule has 1 heterocycles. The molecular formula is C12H19ClN2O. The first-order chi connectivity index (χ1) is 7.86. The summed E-state index contributed by atoms with van der Waals surface area (Å²) in [6, 6.07) is 5.72. The number of unbranched alkanes of at least 4 members (excludes halogenated alkanes) is 3. The maximum Gasteiger partial charge on any atom is 0.214 e. The molecule has 0 spiro atoms. The van der Waals surface area contributed by atoms with E-state index in [4.69, 9.17) is 16.3 Å². The van der Waals surface area contributed by atoms with E-state index in [2.05, 4.69) is 10.3 Å². The molecule has 1 rings (SSSR count). The smallest absolute Gasteiger partial charge is 0.214 e. The molecule has 3 nitrogen and oxygen atoms in total. The Kier molecular flexibility index (Phi) is 6.74. The molecule has 16 heavy (non-hydrogen) atoms. The van der Waals surface area contributed by atoms with Gasteiger partial charge in [0.1, 0.15) is 5.82 Å². The van der Waals surface area contributed by atoms with E-state index in [9.17, 15) is 0 Å². The van der Waals surface area contributed by atoms with Gasteiger partial charge in [-0.1, -0.05) is 18.9 Å². The fourth-order valence-electron chi connectivity index (χ4n) is 1.42. The zero-order valence-electron chi connectivity index (χ0n) is 9.71. The predicted octanol–water partition coefficient (Wildman–Crippen LogP) is 3.30. The Morgan fingerprint density at radius 3 is 2.81 bits per heavy atom. The molecule has 0 bridgehead atoms. The molecule has 0 amide bonds. The van der Waals surface area contributed by atoms with Gasteiger partial charge in [0.05, 0.1) is 7.11 Å². The fourth-order valence-corrected chi connectivity index (χ4v) is 1.61. The van der Waals surface area contributed by atoms with Crippen LogP contribution < -0.4 is 10.1 Å². The molecule has 1 aromatic heterocycles. The van der Waals surface area contributed by atoms with Gasteiger partial charge in [0.25, 0.3) is 0 Å². The Bertz CT molecular complexity index is 294. The molecule has 0 radical (unpaired) electrons. The summed E-state index contributed by atoms with van der Waals surface area (Å²) < 4.78 is 5.05. The van der Waals surface area contributed by atoms with Crippen molar-refractivity contribution < 1.29 is 4.74 Å². The lowest BCUT2D eigenvalue weighted by Gasteiger charge is -2.06. The van der Waals surface area contributed by atoms with Crippen LogP contribution in [-0.4, -0.2) is 24.5 Å². The van der Waals surface area contributed by atoms with E-state index >= 15 is 0 Å². The van der Waals surface area contributed by atoms with Crippen molar-refractivity contribution >= 4 is 17.4 Å². The summed E-state index contributed by atoms with van der Waals surface area (Å²) in [5.74, 6) is 2.29. The molecular weight excluding hydrogens is 224 g/mol. The molecule has 1 aromatic rings. The molecule has 0 atom stereocenters. The number of hydrogen-bond acceptors (Lipinski definition) is 3. The second-order valence-corrected chi connectivity index (χ2v) is 3.97. The van der Waals surface area contributed by atoms with E-state index in [1.807, 2.05) is 18.2 Å². The lowest BCUT2D eigenvalue weighted by atomic mass is 10.2. The summed E-state index contributed by atoms with van der Waals surface area (Å²) in [6.45, 7) is 0.947. The summed E-state index contributed by atoms with van der Waals surface area (Å²) in [6.07, 6.45) is 4.68. The van der Waals surface area contributed by atoms with E-state index in [0.29, 0.717) is 5.88 Å². The van der Waals surface area contributed by atoms with E-state index in [0.717, 1.165) is 31.1 Å². The SMILES string of the molecule is COc1cccc(NCCCCCCCl)n1. The number of hydrogen-bond donors (Lipinski definition) is 1. The average Bonchev–Trinajstić information content (AvgIpc) is 2.34. The van der Waals surface area contributed by atoms with Gasteiger partial charge in [-0.15, -0.1) is 11.6 Å². The second kappa shape index (κ2) is 8.22. The normalized spacial score (nSPS) is 10.1. The van der Waals surface area contributed by atoms with Crippen molar-refractivity contribution in [3.05, 3.63) is 18.2 Å². The second-order valence-electron chi connectivity index (χ2n) is 3.60. The van der Waals surface area contributed by atoms with Gasteiger partial charge >= 0.3 is 0 Å². The van der Waals surface area contributed by atoms with Crippen LogP contribution in [0.25, 0.3) is 0 Å². The molecule has 0 aliphatic carbocycles. The maximum absolute atomic E-state index is 5.60. The van der Waals surface area contributed by atoms with Gasteiger partial charge < -0.3 is 10.1 Å². The molecule has 90 valence electrons. The molecule has 0 aliphatic heterocycles. The highest BCUT2D eigenvalue weighted by atomic mass is 35.5. The van der Waals surface area contributed by atoms with Crippen LogP contribution in [0, 0.1) is 0 Å². The largest absolute Gasteiger partial charge is 0.481 e. The minimum absolute atomic E-state index is 0.646. The first-order valence-electron chi connectivity index (χ1n) is 5.67. The highest BCUT2D eigenvalue weighted by Gasteiger charge is 1.96. The number of aromatic nitrogens is 1. The maximum atomic E-state index is 5.60. The molecule has 1 N–H and O–H groups in total. The molecule has 0 aromatic carbocycles. The highest BCUT2D eigenvalue weighted by Crippen LogP contribution is 2.10. The summed E-state index contributed by atoms with van der Waals surface area (Å²) in [5, 5.41) is 3.27. The number of anilines is 1. The lowest BCUT2D eigenvalue weighted by Crippen LogP contribution is -2.03. The molecule has 0 saturated carbocycles. The summed E-state index contributed by atoms with van der Waals surface area (Å²) in [7, 11) is 1.62. The Morgan fingerprint density at radius 2 is 2.06 bits per heavy atom. The van der Waals surface area contributed by atoms with E-state index < -0.39 is 0 Å². The van der Waals surface area contributed by atoms with Crippen LogP contribution in [0.15, 0.2) is 18.2 Å². The molecule has 0 unspecified atom stereocenters. The Labute approximate surface area is 102 Å². The summed E-state index contributed by atoms with van der Waals surface area (Å²) in [4.78, 5) is 4.27. The van der Waals surface area contributed by atoms with Gasteiger partial charge in [-0.05, 0) is 18.9 Å². The topological polar surface area (TPSA) is 34.1 Å². The minimum atomic E-state index is 0.646. The molecule has 0 fully saturated rings. The van der Waals surface area contributed by atoms with Crippen LogP contribution in [0.3, 0.4) is 0 Å². The van der Waals surface area contributed by atoms with E-state index in [1.165, 1.54) is 12.8 Å². The van der Waals surface area contributed by atoms with Gasteiger partial charge in [-0.2, -0.15) is 4.98 Å². The van der Waals surface area contributed by atoms with Crippen LogP contribution in [0.4, 0.5) is 5.82 Å². The standard InChI is InChI=1S/C12H19ClN2O/c1-16-12-8-6-7-11(15-12)14-10-5-3-2-4-9-13/h6-8H,2-5,9-10H2,1H3,(H,14,15). The Balaban J connectivity index is 2.16. The third kappa shape index (κ3) is 5.21. The molecule has 4 heteroatoms. The summed E-state index contributed by atoms with van der Waals surface area (Å²) in [5.41, 5.74) is 0. The Hall–Kier alpha value is -0.960. The minimum Gasteiger partial charge on any atom is -0.481 e. The average molecular weight is 243 g/mol. The van der Waals surface area contributed by atoms with Crippen molar-refractivity contribution in [3.63, 3.8) is 0 Å². The van der Waals surface area contributed by atoms with Crippen LogP contribution in [-0.2, 0) is 0 Å². The van der Waals surface area contributed by atoms with Crippen LogP contribution in [0.1, 0.15) is 25.7 Å². The number of halogens is 1. The van der Waals surface area contributed by atoms with E-state index in [1.54, 1.807) is 7.11 Å². The number of rotatable bonds is 8. The zero-order chi connectivity index (χ0) is 11.6. The first kappa shape index (κ1) is 13.1. The van der Waals surface area contributed by atoms with Crippen molar-refractivity contribution in [2.75, 3.05) is 24.9 Å². The van der Waals surface area contributed by atoms with Crippen molar-refractivity contribution in [2.24, 2.45) is 0 Å². The lowest BCUT2D eigenvalue weighted by molar-refractivity contribution is 0.398. The molecule has 0 aliphatic rings. The number of ether oxygens (including phenoxy) is 1. The van der Waals surface area contributed by atoms with Crippen molar-refractivity contribution in [3.8, 4) is 5.88 Å². The Morgan fingerprint density at radius 1 is 1.25 bits per heavy atom. The van der Waals surface area contributed by atoms with Gasteiger partial charge in [0.2, 0.25) is 5.88 Å². The van der Waals surface area contributed by atoms with Crippen molar-refractivity contribution in [2.45, 2.75) is 25.7 Å². The van der Waals surface area contributed by atoms with Gasteiger partial charge in [-0.3, -0.25) is 0 Å². The van der Waals surface area contributed by atoms with Crippen LogP contribution in [0.2, 0.25) is 0 Å². The van der Waals surface area contributed by atoms with E-state index in [-0.39, 0.29) is 0 Å². The van der Waals surface area contributed by atoms with Gasteiger partial charge in [-0.25, -0.2) is 0 Å². The van der Waals surface area contributed by atoms with Crippen molar-refractivity contribution in [1.29, 1.82) is 0 Å². The number of methoxy groups -OCH3 is 1. The first-order valence-corrected chi connectivity index (χ1v) is 6.21. The molecule has 0 saturated heterocycles. The third-order valence-electron chi connectivity index (χ3n) is 2.30. The van der Waals surface area contributed by atoms with Gasteiger partial charge in [0, 0.05) is 18.5 Å². The number of nitrogens with one attached hydrogen (secondary N) is 1. The summed E-state index contributed by atoms with van der Waals surface area (Å²) >= 11 is 5.60. The number of nitrogens with zero attached hydrogens (tertiary/aromatic N) is 1.